The van der Waals surface area contributed by atoms with Crippen LogP contribution in [0.2, 0.25) is 5.02 Å². The molecule has 0 bridgehead atoms. The summed E-state index contributed by atoms with van der Waals surface area (Å²) < 4.78 is 1.59. The second-order valence-corrected chi connectivity index (χ2v) is 8.31. The third kappa shape index (κ3) is 4.30. The van der Waals surface area contributed by atoms with Crippen LogP contribution in [0.15, 0.2) is 60.9 Å². The molecule has 1 saturated heterocycles. The Hall–Kier alpha value is -3.95. The van der Waals surface area contributed by atoms with E-state index < -0.39 is 11.9 Å². The van der Waals surface area contributed by atoms with Gasteiger partial charge in [-0.15, -0.1) is 0 Å². The number of aromatic carboxylic acids is 1. The molecule has 0 atom stereocenters. The molecule has 1 aliphatic rings. The Kier molecular flexibility index (Phi) is 5.87. The number of anilines is 2. The molecular weight excluding hydrogens is 456 g/mol. The van der Waals surface area contributed by atoms with E-state index in [0.717, 1.165) is 43.0 Å². The Morgan fingerprint density at radius 1 is 1.09 bits per heavy atom. The Morgan fingerprint density at radius 2 is 1.91 bits per heavy atom. The van der Waals surface area contributed by atoms with Gasteiger partial charge in [-0.1, -0.05) is 23.7 Å². The molecule has 3 heterocycles. The summed E-state index contributed by atoms with van der Waals surface area (Å²) in [5.74, 6) is -1.51. The van der Waals surface area contributed by atoms with E-state index >= 15 is 0 Å². The van der Waals surface area contributed by atoms with Gasteiger partial charge < -0.3 is 20.6 Å². The van der Waals surface area contributed by atoms with Crippen LogP contribution in [-0.4, -0.2) is 57.8 Å². The van der Waals surface area contributed by atoms with Gasteiger partial charge in [0, 0.05) is 43.0 Å². The number of carboxylic acids is 1. The molecule has 0 aliphatic carbocycles. The summed E-state index contributed by atoms with van der Waals surface area (Å²) in [6.07, 6.45) is 3.34. The second kappa shape index (κ2) is 9.12. The minimum absolute atomic E-state index is 0.0941. The maximum absolute atomic E-state index is 13.2. The van der Waals surface area contributed by atoms with Crippen LogP contribution in [0, 0.1) is 0 Å². The predicted octanol–water partition coefficient (Wildman–Crippen LogP) is 3.41. The van der Waals surface area contributed by atoms with E-state index in [1.165, 1.54) is 6.07 Å². The van der Waals surface area contributed by atoms with E-state index in [9.17, 15) is 14.7 Å². The van der Waals surface area contributed by atoms with Crippen LogP contribution in [-0.2, 0) is 0 Å². The maximum atomic E-state index is 13.2. The van der Waals surface area contributed by atoms with Gasteiger partial charge >= 0.3 is 5.97 Å². The van der Waals surface area contributed by atoms with Gasteiger partial charge in [-0.3, -0.25) is 4.79 Å². The molecule has 3 N–H and O–H groups in total. The standard InChI is InChI=1S/C24H21ClN6O3/c25-17-3-1-2-15(12-17)18-14-27-31-9-6-19(28-22(18)31)23(32)29-20-13-16(24(33)34)4-5-21(20)30-10-7-26-8-11-30/h1-6,9,12-14,26H,7-8,10-11H2,(H,29,32)(H,33,34). The summed E-state index contributed by atoms with van der Waals surface area (Å²) in [5.41, 5.74) is 3.56. The number of nitrogens with zero attached hydrogens (tertiary/aromatic N) is 4. The van der Waals surface area contributed by atoms with Crippen LogP contribution in [0.1, 0.15) is 20.8 Å². The Morgan fingerprint density at radius 3 is 2.68 bits per heavy atom. The number of piperazine rings is 1. The van der Waals surface area contributed by atoms with Crippen LogP contribution in [0.5, 0.6) is 0 Å². The third-order valence-corrected chi connectivity index (χ3v) is 5.92. The van der Waals surface area contributed by atoms with Crippen molar-refractivity contribution in [3.63, 3.8) is 0 Å². The SMILES string of the molecule is O=C(O)c1ccc(N2CCNCC2)c(NC(=O)c2ccn3ncc(-c4cccc(Cl)c4)c3n2)c1. The molecule has 1 amide bonds. The minimum Gasteiger partial charge on any atom is -0.478 e. The van der Waals surface area contributed by atoms with Gasteiger partial charge in [0.25, 0.3) is 5.91 Å². The van der Waals surface area contributed by atoms with Gasteiger partial charge in [-0.2, -0.15) is 5.10 Å². The van der Waals surface area contributed by atoms with E-state index in [0.29, 0.717) is 16.4 Å². The van der Waals surface area contributed by atoms with Crippen molar-refractivity contribution in [3.8, 4) is 11.1 Å². The van der Waals surface area contributed by atoms with Crippen molar-refractivity contribution < 1.29 is 14.7 Å². The molecule has 0 saturated carbocycles. The fourth-order valence-corrected chi connectivity index (χ4v) is 4.18. The first-order valence-electron chi connectivity index (χ1n) is 10.7. The fraction of sp³-hybridized carbons (Fsp3) is 0.167. The number of benzene rings is 2. The van der Waals surface area contributed by atoms with Crippen LogP contribution in [0.3, 0.4) is 0 Å². The van der Waals surface area contributed by atoms with Gasteiger partial charge in [-0.25, -0.2) is 14.3 Å². The first-order chi connectivity index (χ1) is 16.5. The lowest BCUT2D eigenvalue weighted by Gasteiger charge is -2.31. The lowest BCUT2D eigenvalue weighted by atomic mass is 10.1. The zero-order valence-corrected chi connectivity index (χ0v) is 18.8. The monoisotopic (exact) mass is 476 g/mol. The zero-order chi connectivity index (χ0) is 23.7. The summed E-state index contributed by atoms with van der Waals surface area (Å²) in [4.78, 5) is 31.4. The highest BCUT2D eigenvalue weighted by molar-refractivity contribution is 6.30. The van der Waals surface area contributed by atoms with Gasteiger partial charge in [0.1, 0.15) is 5.69 Å². The quantitative estimate of drug-likeness (QED) is 0.404. The molecule has 34 heavy (non-hydrogen) atoms. The molecule has 0 spiro atoms. The van der Waals surface area contributed by atoms with Crippen LogP contribution in [0.4, 0.5) is 11.4 Å². The van der Waals surface area contributed by atoms with E-state index in [1.54, 1.807) is 41.2 Å². The molecule has 0 unspecified atom stereocenters. The number of halogens is 1. The third-order valence-electron chi connectivity index (χ3n) is 5.69. The first-order valence-corrected chi connectivity index (χ1v) is 11.1. The number of rotatable bonds is 5. The molecule has 9 nitrogen and oxygen atoms in total. The van der Waals surface area contributed by atoms with Gasteiger partial charge in [-0.05, 0) is 42.0 Å². The lowest BCUT2D eigenvalue weighted by Crippen LogP contribution is -2.43. The Labute approximate surface area is 200 Å². The Balaban J connectivity index is 1.49. The highest BCUT2D eigenvalue weighted by Gasteiger charge is 2.19. The molecule has 0 radical (unpaired) electrons. The minimum atomic E-state index is -1.06. The summed E-state index contributed by atoms with van der Waals surface area (Å²) in [5, 5.41) is 20.5. The molecule has 1 fully saturated rings. The number of nitrogens with one attached hydrogen (secondary N) is 2. The molecule has 2 aromatic carbocycles. The second-order valence-electron chi connectivity index (χ2n) is 7.88. The summed E-state index contributed by atoms with van der Waals surface area (Å²) in [6, 6.07) is 13.7. The van der Waals surface area contributed by atoms with Crippen LogP contribution < -0.4 is 15.5 Å². The molecule has 1 aliphatic heterocycles. The summed E-state index contributed by atoms with van der Waals surface area (Å²) >= 11 is 6.14. The number of carboxylic acid groups (broad SMARTS) is 1. The number of aromatic nitrogens is 3. The normalized spacial score (nSPS) is 13.7. The number of carbonyl (C=O) groups excluding carboxylic acids is 1. The lowest BCUT2D eigenvalue weighted by molar-refractivity contribution is 0.0696. The summed E-state index contributed by atoms with van der Waals surface area (Å²) in [7, 11) is 0. The molecule has 2 aromatic heterocycles. The zero-order valence-electron chi connectivity index (χ0n) is 18.0. The van der Waals surface area contributed by atoms with Gasteiger partial charge in [0.05, 0.1) is 23.1 Å². The van der Waals surface area contributed by atoms with Crippen molar-refractivity contribution in [2.45, 2.75) is 0 Å². The number of hydrogen-bond donors (Lipinski definition) is 3. The number of amides is 1. The molecule has 172 valence electrons. The maximum Gasteiger partial charge on any atom is 0.335 e. The van der Waals surface area contributed by atoms with E-state index in [-0.39, 0.29) is 11.3 Å². The molecule has 5 rings (SSSR count). The van der Waals surface area contributed by atoms with Crippen LogP contribution >= 0.6 is 11.6 Å². The summed E-state index contributed by atoms with van der Waals surface area (Å²) in [6.45, 7) is 3.11. The van der Waals surface area contributed by atoms with Gasteiger partial charge in [0.2, 0.25) is 0 Å². The Bertz CT molecular complexity index is 1400. The average molecular weight is 477 g/mol. The van der Waals surface area contributed by atoms with E-state index in [2.05, 4.69) is 25.6 Å². The topological polar surface area (TPSA) is 112 Å². The predicted molar refractivity (Wildman–Crippen MR) is 130 cm³/mol. The fourth-order valence-electron chi connectivity index (χ4n) is 3.99. The molecule has 10 heteroatoms. The average Bonchev–Trinajstić information content (AvgIpc) is 3.28. The number of hydrogen-bond acceptors (Lipinski definition) is 6. The van der Waals surface area contributed by atoms with Crippen molar-refractivity contribution in [1.82, 2.24) is 19.9 Å². The van der Waals surface area contributed by atoms with E-state index in [1.807, 2.05) is 18.2 Å². The van der Waals surface area contributed by atoms with Crippen molar-refractivity contribution in [2.75, 3.05) is 36.4 Å². The molecular formula is C24H21ClN6O3. The van der Waals surface area contributed by atoms with Crippen molar-refractivity contribution >= 4 is 40.5 Å². The van der Waals surface area contributed by atoms with Gasteiger partial charge in [0.15, 0.2) is 5.65 Å². The first kappa shape index (κ1) is 21.9. The van der Waals surface area contributed by atoms with E-state index in [4.69, 9.17) is 11.6 Å². The van der Waals surface area contributed by atoms with Crippen molar-refractivity contribution in [3.05, 3.63) is 77.2 Å². The molecule has 4 aromatic rings. The van der Waals surface area contributed by atoms with Crippen molar-refractivity contribution in [1.29, 1.82) is 0 Å². The highest BCUT2D eigenvalue weighted by atomic mass is 35.5. The highest BCUT2D eigenvalue weighted by Crippen LogP contribution is 2.29. The van der Waals surface area contributed by atoms with Crippen molar-refractivity contribution in [2.24, 2.45) is 0 Å². The smallest absolute Gasteiger partial charge is 0.335 e. The van der Waals surface area contributed by atoms with Crippen LogP contribution in [0.25, 0.3) is 16.8 Å². The number of carbonyl (C=O) groups is 2. The number of fused-ring (bicyclic) bond motifs is 1. The largest absolute Gasteiger partial charge is 0.478 e.